The Hall–Kier alpha value is -3.19. The lowest BCUT2D eigenvalue weighted by atomic mass is 10.1. The fourth-order valence-corrected chi connectivity index (χ4v) is 3.26. The number of hydrogen-bond donors (Lipinski definition) is 1. The van der Waals surface area contributed by atoms with E-state index in [0.29, 0.717) is 5.02 Å². The van der Waals surface area contributed by atoms with Gasteiger partial charge in [-0.1, -0.05) is 35.9 Å². The monoisotopic (exact) mass is 414 g/mol. The van der Waals surface area contributed by atoms with Gasteiger partial charge in [0.15, 0.2) is 6.61 Å². The van der Waals surface area contributed by atoms with E-state index in [0.717, 1.165) is 10.5 Å². The van der Waals surface area contributed by atoms with Gasteiger partial charge in [-0.05, 0) is 43.7 Å². The molecule has 2 aromatic rings. The number of carbonyl (C=O) groups is 4. The molecule has 0 spiro atoms. The van der Waals surface area contributed by atoms with Gasteiger partial charge in [-0.3, -0.25) is 19.3 Å². The summed E-state index contributed by atoms with van der Waals surface area (Å²) in [5.41, 5.74) is 1.28. The number of ether oxygens (including phenoxy) is 1. The number of hydrogen-bond acceptors (Lipinski definition) is 5. The molecule has 0 saturated carbocycles. The largest absolute Gasteiger partial charge is 0.454 e. The van der Waals surface area contributed by atoms with Crippen LogP contribution in [0, 0.1) is 0 Å². The van der Waals surface area contributed by atoms with Gasteiger partial charge < -0.3 is 10.1 Å². The van der Waals surface area contributed by atoms with Gasteiger partial charge in [-0.2, -0.15) is 0 Å². The Morgan fingerprint density at radius 1 is 1.03 bits per heavy atom. The van der Waals surface area contributed by atoms with Gasteiger partial charge in [0.05, 0.1) is 17.2 Å². The molecule has 0 aliphatic carbocycles. The molecule has 1 aliphatic heterocycles. The van der Waals surface area contributed by atoms with Crippen molar-refractivity contribution in [3.05, 3.63) is 70.2 Å². The first-order valence-corrected chi connectivity index (χ1v) is 9.35. The third-order valence-electron chi connectivity index (χ3n) is 4.63. The molecule has 1 N–H and O–H groups in total. The van der Waals surface area contributed by atoms with Crippen LogP contribution >= 0.6 is 11.6 Å². The van der Waals surface area contributed by atoms with Crippen LogP contribution in [0.15, 0.2) is 48.5 Å². The molecule has 1 aliphatic rings. The summed E-state index contributed by atoms with van der Waals surface area (Å²) in [6, 6.07) is 11.9. The molecule has 2 aromatic carbocycles. The highest BCUT2D eigenvalue weighted by Crippen LogP contribution is 2.24. The van der Waals surface area contributed by atoms with Gasteiger partial charge in [-0.25, -0.2) is 4.79 Å². The lowest BCUT2D eigenvalue weighted by Crippen LogP contribution is -2.44. The van der Waals surface area contributed by atoms with Crippen LogP contribution in [-0.2, 0) is 14.3 Å². The third-order valence-corrected chi connectivity index (χ3v) is 4.86. The van der Waals surface area contributed by atoms with E-state index in [1.54, 1.807) is 37.3 Å². The minimum absolute atomic E-state index is 0.241. The summed E-state index contributed by atoms with van der Waals surface area (Å²) in [4.78, 5) is 50.1. The van der Waals surface area contributed by atoms with Crippen molar-refractivity contribution in [2.24, 2.45) is 0 Å². The molecule has 3 amide bonds. The third kappa shape index (κ3) is 4.30. The van der Waals surface area contributed by atoms with Gasteiger partial charge in [0.1, 0.15) is 6.04 Å². The van der Waals surface area contributed by atoms with Crippen molar-refractivity contribution in [2.45, 2.75) is 25.9 Å². The molecular weight excluding hydrogens is 396 g/mol. The lowest BCUT2D eigenvalue weighted by Gasteiger charge is -2.21. The minimum Gasteiger partial charge on any atom is -0.454 e. The predicted octanol–water partition coefficient (Wildman–Crippen LogP) is 2.75. The maximum atomic E-state index is 12.4. The molecule has 7 nitrogen and oxygen atoms in total. The van der Waals surface area contributed by atoms with Crippen molar-refractivity contribution in [1.82, 2.24) is 10.2 Å². The first-order chi connectivity index (χ1) is 13.8. The molecule has 0 aromatic heterocycles. The predicted molar refractivity (Wildman–Crippen MR) is 105 cm³/mol. The maximum Gasteiger partial charge on any atom is 0.329 e. The van der Waals surface area contributed by atoms with Crippen LogP contribution in [0.3, 0.4) is 0 Å². The molecule has 0 radical (unpaired) electrons. The van der Waals surface area contributed by atoms with E-state index in [4.69, 9.17) is 16.3 Å². The molecule has 8 heteroatoms. The molecule has 0 fully saturated rings. The quantitative estimate of drug-likeness (QED) is 0.579. The van der Waals surface area contributed by atoms with Crippen LogP contribution in [0.5, 0.6) is 0 Å². The normalized spacial score (nSPS) is 14.9. The average Bonchev–Trinajstić information content (AvgIpc) is 2.96. The summed E-state index contributed by atoms with van der Waals surface area (Å²) in [5, 5.41) is 3.24. The van der Waals surface area contributed by atoms with Gasteiger partial charge in [0, 0.05) is 5.02 Å². The second-order valence-electron chi connectivity index (χ2n) is 6.65. The van der Waals surface area contributed by atoms with Gasteiger partial charge in [0.25, 0.3) is 17.7 Å². The molecule has 3 rings (SSSR count). The van der Waals surface area contributed by atoms with Crippen molar-refractivity contribution in [3.63, 3.8) is 0 Å². The SMILES string of the molecule is C[C@@H](NC(=O)COC(=O)[C@H](C)N1C(=O)c2ccccc2C1=O)c1cccc(Cl)c1. The number of amides is 3. The number of fused-ring (bicyclic) bond motifs is 1. The Morgan fingerprint density at radius 3 is 2.24 bits per heavy atom. The van der Waals surface area contributed by atoms with E-state index in [1.165, 1.54) is 19.1 Å². The van der Waals surface area contributed by atoms with Crippen molar-refractivity contribution in [2.75, 3.05) is 6.61 Å². The summed E-state index contributed by atoms with van der Waals surface area (Å²) in [6.07, 6.45) is 0. The van der Waals surface area contributed by atoms with Crippen molar-refractivity contribution in [1.29, 1.82) is 0 Å². The number of imide groups is 1. The number of nitrogens with zero attached hydrogens (tertiary/aromatic N) is 1. The van der Waals surface area contributed by atoms with Crippen LogP contribution in [0.25, 0.3) is 0 Å². The first kappa shape index (κ1) is 20.5. The zero-order valence-electron chi connectivity index (χ0n) is 15.8. The van der Waals surface area contributed by atoms with Crippen molar-refractivity contribution in [3.8, 4) is 0 Å². The van der Waals surface area contributed by atoms with E-state index in [2.05, 4.69) is 5.32 Å². The van der Waals surface area contributed by atoms with Gasteiger partial charge in [-0.15, -0.1) is 0 Å². The summed E-state index contributed by atoms with van der Waals surface area (Å²) < 4.78 is 5.01. The Labute approximate surface area is 172 Å². The molecule has 0 saturated heterocycles. The smallest absolute Gasteiger partial charge is 0.329 e. The molecule has 0 bridgehead atoms. The maximum absolute atomic E-state index is 12.4. The average molecular weight is 415 g/mol. The number of nitrogens with one attached hydrogen (secondary N) is 1. The number of benzene rings is 2. The summed E-state index contributed by atoms with van der Waals surface area (Å²) >= 11 is 5.94. The van der Waals surface area contributed by atoms with E-state index in [9.17, 15) is 19.2 Å². The van der Waals surface area contributed by atoms with Crippen LogP contribution in [0.1, 0.15) is 46.2 Å². The van der Waals surface area contributed by atoms with E-state index >= 15 is 0 Å². The zero-order chi connectivity index (χ0) is 21.1. The van der Waals surface area contributed by atoms with Crippen LogP contribution in [0.2, 0.25) is 5.02 Å². The zero-order valence-corrected chi connectivity index (χ0v) is 16.6. The summed E-state index contributed by atoms with van der Waals surface area (Å²) in [5.74, 6) is -2.48. The molecule has 1 heterocycles. The van der Waals surface area contributed by atoms with Gasteiger partial charge in [0.2, 0.25) is 0 Å². The van der Waals surface area contributed by atoms with Crippen molar-refractivity contribution >= 4 is 35.3 Å². The Bertz CT molecular complexity index is 956. The van der Waals surface area contributed by atoms with Crippen molar-refractivity contribution < 1.29 is 23.9 Å². The molecule has 150 valence electrons. The Balaban J connectivity index is 1.56. The number of carbonyl (C=O) groups excluding carboxylic acids is 4. The minimum atomic E-state index is -1.15. The Morgan fingerprint density at radius 2 is 1.66 bits per heavy atom. The van der Waals surface area contributed by atoms with Crippen LogP contribution in [-0.4, -0.2) is 41.2 Å². The van der Waals surface area contributed by atoms with E-state index in [-0.39, 0.29) is 17.2 Å². The second-order valence-corrected chi connectivity index (χ2v) is 7.09. The van der Waals surface area contributed by atoms with E-state index in [1.807, 2.05) is 6.07 Å². The highest BCUT2D eigenvalue weighted by molar-refractivity contribution is 6.30. The fraction of sp³-hybridized carbons (Fsp3) is 0.238. The van der Waals surface area contributed by atoms with Crippen LogP contribution in [0.4, 0.5) is 0 Å². The summed E-state index contributed by atoms with van der Waals surface area (Å²) in [7, 11) is 0. The van der Waals surface area contributed by atoms with Crippen LogP contribution < -0.4 is 5.32 Å². The standard InChI is InChI=1S/C21H19ClN2O5/c1-12(14-6-5-7-15(22)10-14)23-18(25)11-29-21(28)13(2)24-19(26)16-8-3-4-9-17(16)20(24)27/h3-10,12-13H,11H2,1-2H3,(H,23,25)/t12-,13+/m1/s1. The number of esters is 1. The molecule has 29 heavy (non-hydrogen) atoms. The molecular formula is C21H19ClN2O5. The fourth-order valence-electron chi connectivity index (χ4n) is 3.06. The molecule has 0 unspecified atom stereocenters. The van der Waals surface area contributed by atoms with E-state index < -0.39 is 36.3 Å². The topological polar surface area (TPSA) is 92.8 Å². The highest BCUT2D eigenvalue weighted by atomic mass is 35.5. The Kier molecular flexibility index (Phi) is 5.98. The molecule has 2 atom stereocenters. The summed E-state index contributed by atoms with van der Waals surface area (Å²) in [6.45, 7) is 2.63. The number of halogens is 1. The lowest BCUT2D eigenvalue weighted by molar-refractivity contribution is -0.152. The highest BCUT2D eigenvalue weighted by Gasteiger charge is 2.41. The number of rotatable bonds is 6. The second kappa shape index (κ2) is 8.45. The van der Waals surface area contributed by atoms with Gasteiger partial charge >= 0.3 is 5.97 Å². The first-order valence-electron chi connectivity index (χ1n) is 8.98.